The van der Waals surface area contributed by atoms with Gasteiger partial charge in [-0.3, -0.25) is 0 Å². The van der Waals surface area contributed by atoms with Gasteiger partial charge in [-0.05, 0) is 31.4 Å². The molecule has 1 unspecified atom stereocenters. The van der Waals surface area contributed by atoms with Gasteiger partial charge in [0.2, 0.25) is 0 Å². The van der Waals surface area contributed by atoms with E-state index in [2.05, 4.69) is 13.8 Å². The molecule has 1 rings (SSSR count). The van der Waals surface area contributed by atoms with Crippen molar-refractivity contribution in [3.63, 3.8) is 0 Å². The summed E-state index contributed by atoms with van der Waals surface area (Å²) in [7, 11) is 0. The number of nitrogens with two attached hydrogens (primary N) is 1. The third kappa shape index (κ3) is 2.70. The highest BCUT2D eigenvalue weighted by Gasteiger charge is 2.17. The number of hydrogen-bond acceptors (Lipinski definition) is 2. The van der Waals surface area contributed by atoms with E-state index >= 15 is 0 Å². The normalized spacial score (nSPS) is 15.9. The van der Waals surface area contributed by atoms with Crippen molar-refractivity contribution in [2.75, 3.05) is 0 Å². The Labute approximate surface area is 73.8 Å². The summed E-state index contributed by atoms with van der Waals surface area (Å²) >= 11 is 0. The van der Waals surface area contributed by atoms with E-state index in [4.69, 9.17) is 10.2 Å². The first kappa shape index (κ1) is 9.33. The second kappa shape index (κ2) is 3.76. The smallest absolute Gasteiger partial charge is 0.0935 e. The molecule has 0 radical (unpaired) electrons. The Morgan fingerprint density at radius 3 is 2.83 bits per heavy atom. The number of rotatable bonds is 4. The van der Waals surface area contributed by atoms with Gasteiger partial charge in [0.25, 0.3) is 0 Å². The minimum atomic E-state index is -0.0847. The van der Waals surface area contributed by atoms with Crippen LogP contribution in [0.3, 0.4) is 0 Å². The summed E-state index contributed by atoms with van der Waals surface area (Å²) in [5.41, 5.74) is 7.18. The van der Waals surface area contributed by atoms with E-state index < -0.39 is 0 Å². The maximum Gasteiger partial charge on any atom is 0.0935 e. The lowest BCUT2D eigenvalue weighted by molar-refractivity contribution is 0.422. The molecular weight excluding hydrogens is 150 g/mol. The van der Waals surface area contributed by atoms with E-state index in [0.29, 0.717) is 0 Å². The Morgan fingerprint density at radius 1 is 1.58 bits per heavy atom. The van der Waals surface area contributed by atoms with Crippen LogP contribution < -0.4 is 5.73 Å². The maximum absolute atomic E-state index is 6.08. The zero-order valence-electron chi connectivity index (χ0n) is 7.84. The Kier molecular flexibility index (Phi) is 2.93. The van der Waals surface area contributed by atoms with Crippen LogP contribution in [-0.4, -0.2) is 5.54 Å². The highest BCUT2D eigenvalue weighted by atomic mass is 16.3. The highest BCUT2D eigenvalue weighted by molar-refractivity contribution is 5.09. The summed E-state index contributed by atoms with van der Waals surface area (Å²) in [6.45, 7) is 4.24. The third-order valence-electron chi connectivity index (χ3n) is 2.01. The molecule has 0 saturated carbocycles. The molecule has 0 aromatic carbocycles. The number of furan rings is 1. The van der Waals surface area contributed by atoms with E-state index in [1.54, 1.807) is 12.5 Å². The van der Waals surface area contributed by atoms with Crippen molar-refractivity contribution in [2.45, 2.75) is 38.6 Å². The number of hydrogen-bond donors (Lipinski definition) is 1. The van der Waals surface area contributed by atoms with E-state index in [9.17, 15) is 0 Å². The molecule has 0 spiro atoms. The quantitative estimate of drug-likeness (QED) is 0.747. The fourth-order valence-electron chi connectivity index (χ4n) is 1.52. The summed E-state index contributed by atoms with van der Waals surface area (Å²) in [6, 6.07) is 1.97. The van der Waals surface area contributed by atoms with Crippen LogP contribution in [0.15, 0.2) is 23.0 Å². The summed E-state index contributed by atoms with van der Waals surface area (Å²) in [5, 5.41) is 0. The van der Waals surface area contributed by atoms with Crippen LogP contribution in [-0.2, 0) is 6.42 Å². The second-order valence-electron chi connectivity index (χ2n) is 3.71. The Morgan fingerprint density at radius 2 is 2.33 bits per heavy atom. The Hall–Kier alpha value is -0.760. The average molecular weight is 167 g/mol. The highest BCUT2D eigenvalue weighted by Crippen LogP contribution is 2.15. The molecule has 12 heavy (non-hydrogen) atoms. The van der Waals surface area contributed by atoms with E-state index in [1.165, 1.54) is 5.56 Å². The molecule has 0 aliphatic rings. The Bertz CT molecular complexity index is 214. The van der Waals surface area contributed by atoms with Crippen LogP contribution in [0.4, 0.5) is 0 Å². The monoisotopic (exact) mass is 167 g/mol. The van der Waals surface area contributed by atoms with Gasteiger partial charge < -0.3 is 10.2 Å². The van der Waals surface area contributed by atoms with Gasteiger partial charge in [0, 0.05) is 5.54 Å². The van der Waals surface area contributed by atoms with Crippen LogP contribution in [0, 0.1) is 0 Å². The van der Waals surface area contributed by atoms with E-state index in [-0.39, 0.29) is 5.54 Å². The summed E-state index contributed by atoms with van der Waals surface area (Å²) in [6.07, 6.45) is 6.54. The zero-order chi connectivity index (χ0) is 9.03. The molecule has 2 heteroatoms. The molecule has 0 saturated heterocycles. The van der Waals surface area contributed by atoms with Crippen molar-refractivity contribution in [3.05, 3.63) is 24.2 Å². The summed E-state index contributed by atoms with van der Waals surface area (Å²) < 4.78 is 4.98. The van der Waals surface area contributed by atoms with Gasteiger partial charge >= 0.3 is 0 Å². The van der Waals surface area contributed by atoms with Gasteiger partial charge in [0.05, 0.1) is 12.5 Å². The van der Waals surface area contributed by atoms with Crippen LogP contribution in [0.25, 0.3) is 0 Å². The maximum atomic E-state index is 6.08. The lowest BCUT2D eigenvalue weighted by atomic mass is 9.91. The van der Waals surface area contributed by atoms with Gasteiger partial charge in [-0.1, -0.05) is 13.3 Å². The van der Waals surface area contributed by atoms with Gasteiger partial charge in [-0.2, -0.15) is 0 Å². The minimum absolute atomic E-state index is 0.0847. The van der Waals surface area contributed by atoms with Crippen molar-refractivity contribution < 1.29 is 4.42 Å². The molecule has 68 valence electrons. The summed E-state index contributed by atoms with van der Waals surface area (Å²) in [5.74, 6) is 0. The average Bonchev–Trinajstić information content (AvgIpc) is 2.38. The summed E-state index contributed by atoms with van der Waals surface area (Å²) in [4.78, 5) is 0. The molecule has 0 bridgehead atoms. The third-order valence-corrected chi connectivity index (χ3v) is 2.01. The molecule has 1 heterocycles. The molecular formula is C10H17NO. The molecule has 0 aliphatic carbocycles. The molecule has 0 amide bonds. The Balaban J connectivity index is 2.50. The molecule has 2 nitrogen and oxygen atoms in total. The molecule has 2 N–H and O–H groups in total. The standard InChI is InChI=1S/C10H17NO/c1-3-5-10(2,11)7-9-4-6-12-8-9/h4,6,8H,3,5,7,11H2,1-2H3. The van der Waals surface area contributed by atoms with Crippen molar-refractivity contribution >= 4 is 0 Å². The molecule has 0 fully saturated rings. The molecule has 1 aromatic heterocycles. The first-order chi connectivity index (χ1) is 5.64. The predicted molar refractivity (Wildman–Crippen MR) is 49.9 cm³/mol. The second-order valence-corrected chi connectivity index (χ2v) is 3.71. The molecule has 1 aromatic rings. The first-order valence-electron chi connectivity index (χ1n) is 4.44. The van der Waals surface area contributed by atoms with E-state index in [0.717, 1.165) is 19.3 Å². The fourth-order valence-corrected chi connectivity index (χ4v) is 1.52. The fraction of sp³-hybridized carbons (Fsp3) is 0.600. The first-order valence-corrected chi connectivity index (χ1v) is 4.44. The molecule has 1 atom stereocenters. The van der Waals surface area contributed by atoms with E-state index in [1.807, 2.05) is 6.07 Å². The van der Waals surface area contributed by atoms with Gasteiger partial charge in [0.1, 0.15) is 0 Å². The predicted octanol–water partition coefficient (Wildman–Crippen LogP) is 2.34. The zero-order valence-corrected chi connectivity index (χ0v) is 7.84. The lowest BCUT2D eigenvalue weighted by Gasteiger charge is -2.22. The lowest BCUT2D eigenvalue weighted by Crippen LogP contribution is -2.38. The largest absolute Gasteiger partial charge is 0.472 e. The SMILES string of the molecule is CCCC(C)(N)Cc1ccoc1. The van der Waals surface area contributed by atoms with Crippen molar-refractivity contribution in [1.82, 2.24) is 0 Å². The van der Waals surface area contributed by atoms with Crippen LogP contribution >= 0.6 is 0 Å². The van der Waals surface area contributed by atoms with Gasteiger partial charge in [-0.15, -0.1) is 0 Å². The van der Waals surface area contributed by atoms with Crippen molar-refractivity contribution in [2.24, 2.45) is 5.73 Å². The van der Waals surface area contributed by atoms with Crippen molar-refractivity contribution in [1.29, 1.82) is 0 Å². The minimum Gasteiger partial charge on any atom is -0.472 e. The van der Waals surface area contributed by atoms with Crippen LogP contribution in [0.5, 0.6) is 0 Å². The molecule has 0 aliphatic heterocycles. The van der Waals surface area contributed by atoms with Crippen LogP contribution in [0.1, 0.15) is 32.3 Å². The van der Waals surface area contributed by atoms with Gasteiger partial charge in [-0.25, -0.2) is 0 Å². The van der Waals surface area contributed by atoms with Crippen molar-refractivity contribution in [3.8, 4) is 0 Å². The van der Waals surface area contributed by atoms with Gasteiger partial charge in [0.15, 0.2) is 0 Å². The topological polar surface area (TPSA) is 39.2 Å². The van der Waals surface area contributed by atoms with Crippen LogP contribution in [0.2, 0.25) is 0 Å².